The molecular weight excluding hydrogens is 268 g/mol. The first-order chi connectivity index (χ1) is 9.74. The Bertz CT molecular complexity index is 703. The first kappa shape index (κ1) is 13.0. The van der Waals surface area contributed by atoms with Crippen molar-refractivity contribution < 1.29 is 0 Å². The van der Waals surface area contributed by atoms with Gasteiger partial charge in [0, 0.05) is 18.9 Å². The molecule has 0 fully saturated rings. The van der Waals surface area contributed by atoms with Gasteiger partial charge in [0.25, 0.3) is 0 Å². The van der Waals surface area contributed by atoms with Gasteiger partial charge in [-0.05, 0) is 18.6 Å². The Hall–Kier alpha value is -2.01. The molecule has 0 atom stereocenters. The Morgan fingerprint density at radius 1 is 1.15 bits per heavy atom. The van der Waals surface area contributed by atoms with E-state index >= 15 is 0 Å². The van der Waals surface area contributed by atoms with Crippen LogP contribution in [0.2, 0.25) is 0 Å². The van der Waals surface area contributed by atoms with Crippen molar-refractivity contribution in [2.45, 2.75) is 26.2 Å². The number of para-hydroxylation sites is 1. The fourth-order valence-corrected chi connectivity index (χ4v) is 3.13. The van der Waals surface area contributed by atoms with Gasteiger partial charge in [-0.25, -0.2) is 15.0 Å². The lowest BCUT2D eigenvalue weighted by molar-refractivity contribution is 0.820. The molecule has 3 aromatic rings. The fraction of sp³-hybridized carbons (Fsp3) is 0.267. The van der Waals surface area contributed by atoms with Crippen molar-refractivity contribution in [3.05, 3.63) is 46.9 Å². The zero-order chi connectivity index (χ0) is 13.9. The van der Waals surface area contributed by atoms with E-state index in [0.717, 1.165) is 34.9 Å². The predicted octanol–water partition coefficient (Wildman–Crippen LogP) is 3.21. The van der Waals surface area contributed by atoms with Gasteiger partial charge in [0.1, 0.15) is 11.6 Å². The van der Waals surface area contributed by atoms with Crippen LogP contribution in [0, 0.1) is 0 Å². The summed E-state index contributed by atoms with van der Waals surface area (Å²) in [5.41, 5.74) is 7.84. The van der Waals surface area contributed by atoms with Gasteiger partial charge in [0.2, 0.25) is 0 Å². The third-order valence-corrected chi connectivity index (χ3v) is 4.03. The van der Waals surface area contributed by atoms with Crippen LogP contribution in [-0.4, -0.2) is 15.0 Å². The molecule has 0 saturated heterocycles. The lowest BCUT2D eigenvalue weighted by Crippen LogP contribution is -2.03. The number of nitrogen functional groups attached to an aromatic ring is 1. The average Bonchev–Trinajstić information content (AvgIpc) is 2.80. The minimum absolute atomic E-state index is 0.541. The van der Waals surface area contributed by atoms with Crippen LogP contribution in [0.25, 0.3) is 10.2 Å². The number of benzene rings is 1. The highest BCUT2D eigenvalue weighted by Crippen LogP contribution is 2.23. The van der Waals surface area contributed by atoms with E-state index in [-0.39, 0.29) is 0 Å². The maximum absolute atomic E-state index is 5.85. The van der Waals surface area contributed by atoms with E-state index in [9.17, 15) is 0 Å². The largest absolute Gasteiger partial charge is 0.384 e. The highest BCUT2D eigenvalue weighted by atomic mass is 32.1. The van der Waals surface area contributed by atoms with Crippen LogP contribution in [0.4, 0.5) is 5.82 Å². The number of nitrogens with zero attached hydrogens (tertiary/aromatic N) is 3. The van der Waals surface area contributed by atoms with E-state index in [4.69, 9.17) is 5.73 Å². The average molecular weight is 284 g/mol. The third kappa shape index (κ3) is 2.77. The molecule has 0 aliphatic rings. The molecular formula is C15H16N4S. The normalized spacial score (nSPS) is 11.1. The van der Waals surface area contributed by atoms with Gasteiger partial charge in [-0.2, -0.15) is 0 Å². The molecule has 0 spiro atoms. The van der Waals surface area contributed by atoms with Gasteiger partial charge in [-0.1, -0.05) is 19.1 Å². The van der Waals surface area contributed by atoms with Gasteiger partial charge in [0.05, 0.1) is 20.9 Å². The monoisotopic (exact) mass is 284 g/mol. The van der Waals surface area contributed by atoms with Gasteiger partial charge >= 0.3 is 0 Å². The molecule has 0 radical (unpaired) electrons. The number of aromatic nitrogens is 3. The number of aryl methyl sites for hydroxylation is 1. The second kappa shape index (κ2) is 5.54. The number of anilines is 1. The van der Waals surface area contributed by atoms with Crippen molar-refractivity contribution >= 4 is 27.4 Å². The molecule has 0 bridgehead atoms. The number of nitrogens with two attached hydrogens (primary N) is 1. The molecule has 0 unspecified atom stereocenters. The zero-order valence-electron chi connectivity index (χ0n) is 11.3. The molecule has 0 saturated carbocycles. The summed E-state index contributed by atoms with van der Waals surface area (Å²) in [6.07, 6.45) is 2.59. The van der Waals surface area contributed by atoms with Crippen LogP contribution in [0.5, 0.6) is 0 Å². The summed E-state index contributed by atoms with van der Waals surface area (Å²) in [5, 5.41) is 1.06. The molecule has 4 nitrogen and oxygen atoms in total. The molecule has 1 aromatic carbocycles. The highest BCUT2D eigenvalue weighted by molar-refractivity contribution is 7.18. The number of hydrogen-bond acceptors (Lipinski definition) is 5. The Kier molecular flexibility index (Phi) is 3.60. The SMILES string of the molecule is CCCc1nc(N)cc(Cc2nc3ccccc3s2)n1. The molecule has 102 valence electrons. The first-order valence-corrected chi connectivity index (χ1v) is 7.53. The minimum Gasteiger partial charge on any atom is -0.384 e. The molecule has 0 amide bonds. The Labute approximate surface area is 121 Å². The highest BCUT2D eigenvalue weighted by Gasteiger charge is 2.07. The summed E-state index contributed by atoms with van der Waals surface area (Å²) in [6, 6.07) is 10.0. The van der Waals surface area contributed by atoms with Crippen molar-refractivity contribution in [2.75, 3.05) is 5.73 Å². The van der Waals surface area contributed by atoms with Gasteiger partial charge in [-0.15, -0.1) is 11.3 Å². The molecule has 20 heavy (non-hydrogen) atoms. The summed E-state index contributed by atoms with van der Waals surface area (Å²) < 4.78 is 1.21. The Balaban J connectivity index is 1.90. The topological polar surface area (TPSA) is 64.7 Å². The molecule has 2 N–H and O–H groups in total. The third-order valence-electron chi connectivity index (χ3n) is 2.99. The summed E-state index contributed by atoms with van der Waals surface area (Å²) in [7, 11) is 0. The quantitative estimate of drug-likeness (QED) is 0.799. The first-order valence-electron chi connectivity index (χ1n) is 6.71. The van der Waals surface area contributed by atoms with Gasteiger partial charge < -0.3 is 5.73 Å². The van der Waals surface area contributed by atoms with Gasteiger partial charge in [0.15, 0.2) is 0 Å². The van der Waals surface area contributed by atoms with E-state index in [1.54, 1.807) is 11.3 Å². The van der Waals surface area contributed by atoms with E-state index in [1.807, 2.05) is 24.3 Å². The van der Waals surface area contributed by atoms with Crippen molar-refractivity contribution in [2.24, 2.45) is 0 Å². The maximum atomic E-state index is 5.85. The zero-order valence-corrected chi connectivity index (χ0v) is 12.2. The van der Waals surface area contributed by atoms with E-state index < -0.39 is 0 Å². The number of hydrogen-bond donors (Lipinski definition) is 1. The minimum atomic E-state index is 0.541. The Morgan fingerprint density at radius 3 is 2.80 bits per heavy atom. The van der Waals surface area contributed by atoms with E-state index in [2.05, 4.69) is 27.9 Å². The number of thiazole rings is 1. The summed E-state index contributed by atoms with van der Waals surface area (Å²) in [6.45, 7) is 2.11. The summed E-state index contributed by atoms with van der Waals surface area (Å²) in [5.74, 6) is 1.36. The van der Waals surface area contributed by atoms with Crippen molar-refractivity contribution in [3.63, 3.8) is 0 Å². The van der Waals surface area contributed by atoms with Crippen molar-refractivity contribution in [1.82, 2.24) is 15.0 Å². The Morgan fingerprint density at radius 2 is 2.00 bits per heavy atom. The molecule has 3 rings (SSSR count). The van der Waals surface area contributed by atoms with Crippen LogP contribution in [-0.2, 0) is 12.8 Å². The maximum Gasteiger partial charge on any atom is 0.130 e. The van der Waals surface area contributed by atoms with Crippen LogP contribution < -0.4 is 5.73 Å². The van der Waals surface area contributed by atoms with Crippen molar-refractivity contribution in [1.29, 1.82) is 0 Å². The van der Waals surface area contributed by atoms with Crippen LogP contribution in [0.15, 0.2) is 30.3 Å². The van der Waals surface area contributed by atoms with E-state index in [0.29, 0.717) is 12.2 Å². The predicted molar refractivity (Wildman–Crippen MR) is 82.9 cm³/mol. The molecule has 0 aliphatic carbocycles. The number of rotatable bonds is 4. The molecule has 2 aromatic heterocycles. The fourth-order valence-electron chi connectivity index (χ4n) is 2.15. The van der Waals surface area contributed by atoms with E-state index in [1.165, 1.54) is 4.70 Å². The molecule has 0 aliphatic heterocycles. The second-order valence-electron chi connectivity index (χ2n) is 4.70. The summed E-state index contributed by atoms with van der Waals surface area (Å²) >= 11 is 1.70. The van der Waals surface area contributed by atoms with Crippen LogP contribution in [0.3, 0.4) is 0 Å². The lowest BCUT2D eigenvalue weighted by Gasteiger charge is -2.03. The molecule has 2 heterocycles. The van der Waals surface area contributed by atoms with Crippen LogP contribution in [0.1, 0.15) is 29.9 Å². The van der Waals surface area contributed by atoms with Gasteiger partial charge in [-0.3, -0.25) is 0 Å². The van der Waals surface area contributed by atoms with Crippen molar-refractivity contribution in [3.8, 4) is 0 Å². The number of fused-ring (bicyclic) bond motifs is 1. The molecule has 5 heteroatoms. The summed E-state index contributed by atoms with van der Waals surface area (Å²) in [4.78, 5) is 13.5. The van der Waals surface area contributed by atoms with Crippen LogP contribution >= 0.6 is 11.3 Å². The smallest absolute Gasteiger partial charge is 0.130 e. The second-order valence-corrected chi connectivity index (χ2v) is 5.82. The lowest BCUT2D eigenvalue weighted by atomic mass is 10.2. The standard InChI is InChI=1S/C15H16N4S/c1-2-5-14-17-10(8-13(16)19-14)9-15-18-11-6-3-4-7-12(11)20-15/h3-4,6-8H,2,5,9H2,1H3,(H2,16,17,19).